The van der Waals surface area contributed by atoms with Crippen LogP contribution in [-0.2, 0) is 5.75 Å². The molecule has 0 spiro atoms. The number of ether oxygens (including phenoxy) is 1. The molecule has 0 aliphatic carbocycles. The van der Waals surface area contributed by atoms with E-state index in [0.717, 1.165) is 6.42 Å². The van der Waals surface area contributed by atoms with Crippen LogP contribution in [0.2, 0.25) is 0 Å². The van der Waals surface area contributed by atoms with Gasteiger partial charge < -0.3 is 9.84 Å². The van der Waals surface area contributed by atoms with Crippen molar-refractivity contribution in [2.45, 2.75) is 24.3 Å². The third-order valence-electron chi connectivity index (χ3n) is 2.32. The maximum Gasteiger partial charge on any atom is 0.130 e. The highest BCUT2D eigenvalue weighted by molar-refractivity contribution is 7.99. The summed E-state index contributed by atoms with van der Waals surface area (Å²) < 4.78 is 18.5. The summed E-state index contributed by atoms with van der Waals surface area (Å²) >= 11 is 1.64. The van der Waals surface area contributed by atoms with Crippen LogP contribution in [0.1, 0.15) is 18.9 Å². The van der Waals surface area contributed by atoms with E-state index in [-0.39, 0.29) is 12.4 Å². The molecule has 16 heavy (non-hydrogen) atoms. The van der Waals surface area contributed by atoms with E-state index in [4.69, 9.17) is 9.84 Å². The van der Waals surface area contributed by atoms with E-state index in [9.17, 15) is 4.39 Å². The van der Waals surface area contributed by atoms with Gasteiger partial charge in [-0.05, 0) is 18.1 Å². The first-order valence-electron chi connectivity index (χ1n) is 5.22. The van der Waals surface area contributed by atoms with Gasteiger partial charge in [0.1, 0.15) is 11.6 Å². The van der Waals surface area contributed by atoms with Crippen LogP contribution < -0.4 is 4.74 Å². The molecule has 1 unspecified atom stereocenters. The number of hydrogen-bond donors (Lipinski definition) is 1. The molecular weight excluding hydrogens is 227 g/mol. The lowest BCUT2D eigenvalue weighted by Gasteiger charge is -2.10. The van der Waals surface area contributed by atoms with Crippen LogP contribution in [-0.4, -0.2) is 24.1 Å². The summed E-state index contributed by atoms with van der Waals surface area (Å²) in [6.07, 6.45) is 0.739. The molecule has 0 aliphatic rings. The average Bonchev–Trinajstić information content (AvgIpc) is 2.27. The molecule has 1 aromatic rings. The van der Waals surface area contributed by atoms with Crippen LogP contribution in [0.15, 0.2) is 18.2 Å². The molecule has 90 valence electrons. The average molecular weight is 244 g/mol. The zero-order valence-corrected chi connectivity index (χ0v) is 10.4. The van der Waals surface area contributed by atoms with Crippen molar-refractivity contribution < 1.29 is 14.2 Å². The summed E-state index contributed by atoms with van der Waals surface area (Å²) in [5.41, 5.74) is 0.676. The van der Waals surface area contributed by atoms with Gasteiger partial charge in [0.25, 0.3) is 0 Å². The topological polar surface area (TPSA) is 29.5 Å². The monoisotopic (exact) mass is 244 g/mol. The molecule has 0 aromatic heterocycles. The Bertz CT molecular complexity index is 331. The maximum absolute atomic E-state index is 13.5. The van der Waals surface area contributed by atoms with Crippen molar-refractivity contribution in [1.29, 1.82) is 0 Å². The van der Waals surface area contributed by atoms with E-state index in [1.807, 2.05) is 6.92 Å². The van der Waals surface area contributed by atoms with Gasteiger partial charge in [-0.2, -0.15) is 11.8 Å². The number of methoxy groups -OCH3 is 1. The predicted octanol–water partition coefficient (Wildman–Crippen LogP) is 2.84. The lowest BCUT2D eigenvalue weighted by molar-refractivity contribution is 0.289. The van der Waals surface area contributed by atoms with E-state index in [1.54, 1.807) is 23.9 Å². The van der Waals surface area contributed by atoms with Crippen molar-refractivity contribution in [1.82, 2.24) is 0 Å². The molecule has 0 radical (unpaired) electrons. The Morgan fingerprint density at radius 2 is 2.25 bits per heavy atom. The van der Waals surface area contributed by atoms with Crippen LogP contribution in [0.4, 0.5) is 4.39 Å². The zero-order valence-electron chi connectivity index (χ0n) is 9.57. The first-order valence-corrected chi connectivity index (χ1v) is 6.27. The largest absolute Gasteiger partial charge is 0.497 e. The number of aliphatic hydroxyl groups is 1. The third kappa shape index (κ3) is 4.02. The Hall–Kier alpha value is -0.740. The standard InChI is InChI=1S/C12H17FO2S/c1-9(5-6-14)16-8-10-3-4-11(15-2)7-12(10)13/h3-4,7,9,14H,5-6,8H2,1-2H3. The number of benzene rings is 1. The highest BCUT2D eigenvalue weighted by Gasteiger charge is 2.07. The Morgan fingerprint density at radius 3 is 2.81 bits per heavy atom. The third-order valence-corrected chi connectivity index (χ3v) is 3.60. The van der Waals surface area contributed by atoms with Crippen molar-refractivity contribution in [2.24, 2.45) is 0 Å². The van der Waals surface area contributed by atoms with Gasteiger partial charge in [-0.1, -0.05) is 13.0 Å². The van der Waals surface area contributed by atoms with E-state index >= 15 is 0 Å². The minimum Gasteiger partial charge on any atom is -0.497 e. The van der Waals surface area contributed by atoms with E-state index in [2.05, 4.69) is 0 Å². The molecule has 0 fully saturated rings. The summed E-state index contributed by atoms with van der Waals surface area (Å²) in [7, 11) is 1.52. The second-order valence-electron chi connectivity index (χ2n) is 3.59. The highest BCUT2D eigenvalue weighted by Crippen LogP contribution is 2.23. The molecule has 0 bridgehead atoms. The van der Waals surface area contributed by atoms with Gasteiger partial charge in [0.05, 0.1) is 7.11 Å². The fourth-order valence-electron chi connectivity index (χ4n) is 1.27. The number of thioether (sulfide) groups is 1. The molecule has 0 heterocycles. The predicted molar refractivity (Wildman–Crippen MR) is 65.4 cm³/mol. The molecule has 0 saturated heterocycles. The molecule has 0 amide bonds. The highest BCUT2D eigenvalue weighted by atomic mass is 32.2. The van der Waals surface area contributed by atoms with E-state index in [0.29, 0.717) is 22.3 Å². The molecule has 1 rings (SSSR count). The van der Waals surface area contributed by atoms with Crippen LogP contribution in [0.5, 0.6) is 5.75 Å². The van der Waals surface area contributed by atoms with Crippen molar-refractivity contribution in [3.8, 4) is 5.75 Å². The van der Waals surface area contributed by atoms with Crippen molar-refractivity contribution in [2.75, 3.05) is 13.7 Å². The van der Waals surface area contributed by atoms with E-state index in [1.165, 1.54) is 13.2 Å². The molecule has 1 aromatic carbocycles. The zero-order chi connectivity index (χ0) is 12.0. The smallest absolute Gasteiger partial charge is 0.130 e. The second kappa shape index (κ2) is 6.76. The number of rotatable bonds is 6. The molecule has 2 nitrogen and oxygen atoms in total. The minimum absolute atomic E-state index is 0.180. The summed E-state index contributed by atoms with van der Waals surface area (Å²) in [6, 6.07) is 4.90. The fourth-order valence-corrected chi connectivity index (χ4v) is 2.24. The number of aliphatic hydroxyl groups excluding tert-OH is 1. The first kappa shape index (κ1) is 13.3. The Morgan fingerprint density at radius 1 is 1.50 bits per heavy atom. The van der Waals surface area contributed by atoms with Gasteiger partial charge in [0, 0.05) is 23.7 Å². The van der Waals surface area contributed by atoms with Crippen molar-refractivity contribution >= 4 is 11.8 Å². The van der Waals surface area contributed by atoms with E-state index < -0.39 is 0 Å². The quantitative estimate of drug-likeness (QED) is 0.834. The molecule has 1 atom stereocenters. The van der Waals surface area contributed by atoms with Crippen LogP contribution in [0.25, 0.3) is 0 Å². The molecule has 0 aliphatic heterocycles. The summed E-state index contributed by atoms with van der Waals surface area (Å²) in [5.74, 6) is 0.925. The molecule has 1 N–H and O–H groups in total. The molecular formula is C12H17FO2S. The fraction of sp³-hybridized carbons (Fsp3) is 0.500. The van der Waals surface area contributed by atoms with Crippen LogP contribution in [0.3, 0.4) is 0 Å². The number of hydrogen-bond acceptors (Lipinski definition) is 3. The maximum atomic E-state index is 13.5. The first-order chi connectivity index (χ1) is 7.67. The van der Waals surface area contributed by atoms with Gasteiger partial charge >= 0.3 is 0 Å². The summed E-state index contributed by atoms with van der Waals surface area (Å²) in [4.78, 5) is 0. The Balaban J connectivity index is 2.54. The second-order valence-corrected chi connectivity index (χ2v) is 5.02. The SMILES string of the molecule is COc1ccc(CSC(C)CCO)c(F)c1. The van der Waals surface area contributed by atoms with Crippen molar-refractivity contribution in [3.63, 3.8) is 0 Å². The van der Waals surface area contributed by atoms with Gasteiger partial charge in [0.15, 0.2) is 0 Å². The minimum atomic E-state index is -0.233. The lowest BCUT2D eigenvalue weighted by Crippen LogP contribution is -2.00. The Kier molecular flexibility index (Phi) is 5.63. The van der Waals surface area contributed by atoms with Gasteiger partial charge in [0.2, 0.25) is 0 Å². The van der Waals surface area contributed by atoms with Gasteiger partial charge in [-0.3, -0.25) is 0 Å². The van der Waals surface area contributed by atoms with Crippen LogP contribution in [0, 0.1) is 5.82 Å². The Labute approximate surface area is 99.8 Å². The summed E-state index contributed by atoms with van der Waals surface area (Å²) in [6.45, 7) is 2.21. The van der Waals surface area contributed by atoms with Crippen LogP contribution >= 0.6 is 11.8 Å². The molecule has 0 saturated carbocycles. The number of halogens is 1. The van der Waals surface area contributed by atoms with Gasteiger partial charge in [-0.25, -0.2) is 4.39 Å². The molecule has 4 heteroatoms. The summed E-state index contributed by atoms with van der Waals surface area (Å²) in [5, 5.41) is 9.09. The normalized spacial score (nSPS) is 12.5. The van der Waals surface area contributed by atoms with Gasteiger partial charge in [-0.15, -0.1) is 0 Å². The van der Waals surface area contributed by atoms with Crippen molar-refractivity contribution in [3.05, 3.63) is 29.6 Å². The lowest BCUT2D eigenvalue weighted by atomic mass is 10.2.